The van der Waals surface area contributed by atoms with E-state index in [1.54, 1.807) is 6.20 Å². The van der Waals surface area contributed by atoms with Crippen LogP contribution in [0.25, 0.3) is 0 Å². The smallest absolute Gasteiger partial charge is 0.320 e. The Labute approximate surface area is 176 Å². The Balaban J connectivity index is 0.000000806. The number of amides is 3. The Morgan fingerprint density at radius 2 is 2.07 bits per heavy atom. The SMILES string of the molecule is O=C(NCCc1ccccn1)[C@H]1C[C@H]2OCC[C@H]2N(C(=O)N2CCCC2)C1.O=CO. The lowest BCUT2D eigenvalue weighted by atomic mass is 9.89. The number of piperidine rings is 1. The Kier molecular flexibility index (Phi) is 8.01. The Morgan fingerprint density at radius 1 is 1.30 bits per heavy atom. The minimum absolute atomic E-state index is 0.0131. The normalized spacial score (nSPS) is 25.1. The maximum atomic E-state index is 13.0. The molecule has 4 heterocycles. The molecule has 30 heavy (non-hydrogen) atoms. The number of nitrogens with zero attached hydrogens (tertiary/aromatic N) is 3. The van der Waals surface area contributed by atoms with Gasteiger partial charge in [-0.1, -0.05) is 6.07 Å². The van der Waals surface area contributed by atoms with E-state index in [2.05, 4.69) is 10.3 Å². The summed E-state index contributed by atoms with van der Waals surface area (Å²) >= 11 is 0. The molecule has 0 spiro atoms. The fourth-order valence-electron chi connectivity index (χ4n) is 4.45. The molecule has 3 saturated heterocycles. The first-order chi connectivity index (χ1) is 14.6. The highest BCUT2D eigenvalue weighted by Gasteiger charge is 2.45. The molecule has 0 aliphatic carbocycles. The molecule has 164 valence electrons. The summed E-state index contributed by atoms with van der Waals surface area (Å²) in [6.07, 6.45) is 6.17. The quantitative estimate of drug-likeness (QED) is 0.709. The third-order valence-electron chi connectivity index (χ3n) is 5.91. The van der Waals surface area contributed by atoms with Gasteiger partial charge in [0.05, 0.1) is 18.1 Å². The van der Waals surface area contributed by atoms with E-state index in [4.69, 9.17) is 14.6 Å². The van der Waals surface area contributed by atoms with Crippen LogP contribution in [0.4, 0.5) is 4.79 Å². The van der Waals surface area contributed by atoms with Crippen molar-refractivity contribution in [3.8, 4) is 0 Å². The number of hydrogen-bond donors (Lipinski definition) is 2. The summed E-state index contributed by atoms with van der Waals surface area (Å²) in [4.78, 5) is 42.2. The second-order valence-electron chi connectivity index (χ2n) is 7.79. The van der Waals surface area contributed by atoms with Crippen LogP contribution in [-0.2, 0) is 20.7 Å². The van der Waals surface area contributed by atoms with Crippen molar-refractivity contribution in [2.75, 3.05) is 32.8 Å². The van der Waals surface area contributed by atoms with Gasteiger partial charge in [-0.25, -0.2) is 4.79 Å². The van der Waals surface area contributed by atoms with Gasteiger partial charge in [0, 0.05) is 51.1 Å². The number of fused-ring (bicyclic) bond motifs is 1. The van der Waals surface area contributed by atoms with E-state index >= 15 is 0 Å². The zero-order valence-corrected chi connectivity index (χ0v) is 17.1. The Bertz CT molecular complexity index is 711. The highest BCUT2D eigenvalue weighted by Crippen LogP contribution is 2.32. The molecule has 2 N–H and O–H groups in total. The second kappa shape index (κ2) is 10.9. The van der Waals surface area contributed by atoms with Crippen molar-refractivity contribution in [2.45, 2.75) is 44.2 Å². The van der Waals surface area contributed by atoms with E-state index in [0.717, 1.165) is 38.0 Å². The van der Waals surface area contributed by atoms with Crippen LogP contribution in [0.5, 0.6) is 0 Å². The number of likely N-dealkylation sites (tertiary alicyclic amines) is 2. The van der Waals surface area contributed by atoms with Crippen molar-refractivity contribution in [3.05, 3.63) is 30.1 Å². The zero-order chi connectivity index (χ0) is 21.3. The maximum absolute atomic E-state index is 13.0. The number of pyridine rings is 1. The summed E-state index contributed by atoms with van der Waals surface area (Å²) in [6, 6.07) is 5.99. The van der Waals surface area contributed by atoms with Crippen molar-refractivity contribution in [1.29, 1.82) is 0 Å². The molecule has 1 aromatic heterocycles. The van der Waals surface area contributed by atoms with Gasteiger partial charge in [-0.3, -0.25) is 14.6 Å². The standard InChI is InChI=1S/C20H28N4O3.CH2O2/c25-19(22-9-6-16-5-1-2-8-21-16)15-13-18-17(7-12-27-18)24(14-15)20(26)23-10-3-4-11-23;2-1-3/h1-2,5,8,15,17-18H,3-4,6-7,9-14H2,(H,22,25);1H,(H,2,3)/t15-,17+,18+;/m0./s1. The van der Waals surface area contributed by atoms with Gasteiger partial charge in [0.2, 0.25) is 5.91 Å². The number of carboxylic acid groups (broad SMARTS) is 1. The van der Waals surface area contributed by atoms with Crippen LogP contribution < -0.4 is 5.32 Å². The number of urea groups is 1. The van der Waals surface area contributed by atoms with Gasteiger partial charge in [-0.2, -0.15) is 0 Å². The van der Waals surface area contributed by atoms with Crippen molar-refractivity contribution in [1.82, 2.24) is 20.1 Å². The Morgan fingerprint density at radius 3 is 2.77 bits per heavy atom. The monoisotopic (exact) mass is 418 g/mol. The summed E-state index contributed by atoms with van der Waals surface area (Å²) in [5.74, 6) is -0.196. The third-order valence-corrected chi connectivity index (χ3v) is 5.91. The van der Waals surface area contributed by atoms with Crippen molar-refractivity contribution >= 4 is 18.4 Å². The van der Waals surface area contributed by atoms with Crippen molar-refractivity contribution < 1.29 is 24.2 Å². The number of carbonyl (C=O) groups is 3. The number of aromatic nitrogens is 1. The van der Waals surface area contributed by atoms with Crippen LogP contribution in [0.1, 0.15) is 31.4 Å². The maximum Gasteiger partial charge on any atom is 0.320 e. The number of hydrogen-bond acceptors (Lipinski definition) is 5. The predicted molar refractivity (Wildman–Crippen MR) is 109 cm³/mol. The molecule has 3 amide bonds. The van der Waals surface area contributed by atoms with E-state index in [9.17, 15) is 9.59 Å². The molecule has 3 aliphatic rings. The summed E-state index contributed by atoms with van der Waals surface area (Å²) in [5.41, 5.74) is 0.964. The van der Waals surface area contributed by atoms with Gasteiger partial charge >= 0.3 is 6.03 Å². The minimum atomic E-state index is -0.250. The lowest BCUT2D eigenvalue weighted by molar-refractivity contribution is -0.128. The molecule has 3 atom stereocenters. The van der Waals surface area contributed by atoms with Crippen LogP contribution in [0, 0.1) is 5.92 Å². The summed E-state index contributed by atoms with van der Waals surface area (Å²) in [6.45, 7) is 3.13. The van der Waals surface area contributed by atoms with Gasteiger partial charge in [0.1, 0.15) is 0 Å². The lowest BCUT2D eigenvalue weighted by Crippen LogP contribution is -2.57. The van der Waals surface area contributed by atoms with E-state index in [-0.39, 0.29) is 36.5 Å². The lowest BCUT2D eigenvalue weighted by Gasteiger charge is -2.41. The third kappa shape index (κ3) is 5.47. The van der Waals surface area contributed by atoms with E-state index in [1.807, 2.05) is 28.0 Å². The van der Waals surface area contributed by atoms with Gasteiger partial charge in [0.15, 0.2) is 0 Å². The molecular weight excluding hydrogens is 388 g/mol. The molecule has 3 aliphatic heterocycles. The van der Waals surface area contributed by atoms with Crippen LogP contribution in [0.2, 0.25) is 0 Å². The average molecular weight is 418 g/mol. The summed E-state index contributed by atoms with van der Waals surface area (Å²) in [7, 11) is 0. The molecular formula is C21H30N4O5. The van der Waals surface area contributed by atoms with E-state index < -0.39 is 0 Å². The largest absolute Gasteiger partial charge is 0.483 e. The van der Waals surface area contributed by atoms with Crippen molar-refractivity contribution in [2.24, 2.45) is 5.92 Å². The molecule has 9 heteroatoms. The molecule has 3 fully saturated rings. The van der Waals surface area contributed by atoms with Crippen molar-refractivity contribution in [3.63, 3.8) is 0 Å². The fourth-order valence-corrected chi connectivity index (χ4v) is 4.45. The second-order valence-corrected chi connectivity index (χ2v) is 7.79. The van der Waals surface area contributed by atoms with Crippen LogP contribution in [0.3, 0.4) is 0 Å². The highest BCUT2D eigenvalue weighted by molar-refractivity contribution is 5.81. The average Bonchev–Trinajstić information content (AvgIpc) is 3.46. The van der Waals surface area contributed by atoms with Gasteiger partial charge < -0.3 is 25.0 Å². The molecule has 0 bridgehead atoms. The first kappa shape index (κ1) is 22.0. The molecule has 1 aromatic rings. The number of carbonyl (C=O) groups excluding carboxylic acids is 2. The molecule has 0 aromatic carbocycles. The molecule has 4 rings (SSSR count). The molecule has 0 unspecified atom stereocenters. The predicted octanol–water partition coefficient (Wildman–Crippen LogP) is 1.14. The number of rotatable bonds is 4. The minimum Gasteiger partial charge on any atom is -0.483 e. The number of ether oxygens (including phenoxy) is 1. The first-order valence-electron chi connectivity index (χ1n) is 10.6. The van der Waals surface area contributed by atoms with E-state index in [0.29, 0.717) is 32.5 Å². The Hall–Kier alpha value is -2.68. The van der Waals surface area contributed by atoms with Gasteiger partial charge in [0.25, 0.3) is 6.47 Å². The first-order valence-corrected chi connectivity index (χ1v) is 10.6. The highest BCUT2D eigenvalue weighted by atomic mass is 16.5. The molecule has 9 nitrogen and oxygen atoms in total. The van der Waals surface area contributed by atoms with Gasteiger partial charge in [-0.15, -0.1) is 0 Å². The fraction of sp³-hybridized carbons (Fsp3) is 0.619. The molecule has 0 saturated carbocycles. The summed E-state index contributed by atoms with van der Waals surface area (Å²) < 4.78 is 5.85. The van der Waals surface area contributed by atoms with Gasteiger partial charge in [-0.05, 0) is 37.8 Å². The van der Waals surface area contributed by atoms with Crippen LogP contribution >= 0.6 is 0 Å². The van der Waals surface area contributed by atoms with Crippen LogP contribution in [0.15, 0.2) is 24.4 Å². The summed E-state index contributed by atoms with van der Waals surface area (Å²) in [5, 5.41) is 9.91. The van der Waals surface area contributed by atoms with Crippen LogP contribution in [-0.4, -0.2) is 83.2 Å². The topological polar surface area (TPSA) is 112 Å². The zero-order valence-electron chi connectivity index (χ0n) is 17.1. The molecule has 0 radical (unpaired) electrons. The van der Waals surface area contributed by atoms with E-state index in [1.165, 1.54) is 0 Å². The number of nitrogens with one attached hydrogen (secondary N) is 1.